The summed E-state index contributed by atoms with van der Waals surface area (Å²) in [7, 11) is 0. The number of anilines is 1. The first-order valence-electron chi connectivity index (χ1n) is 12.0. The van der Waals surface area contributed by atoms with Gasteiger partial charge in [-0.2, -0.15) is 13.2 Å². The van der Waals surface area contributed by atoms with E-state index in [0.29, 0.717) is 47.8 Å². The normalized spacial score (nSPS) is 16.8. The number of Topliss-reactive ketones (excluding diaryl/α,β-unsaturated/α-hetero) is 1. The number of hydrogen-bond donors (Lipinski definition) is 0. The first-order chi connectivity index (χ1) is 18.1. The number of benzene rings is 3. The molecule has 1 atom stereocenters. The zero-order chi connectivity index (χ0) is 27.0. The predicted octanol–water partition coefficient (Wildman–Crippen LogP) is 2.48. The molecule has 0 spiro atoms. The molecule has 0 radical (unpaired) electrons. The van der Waals surface area contributed by atoms with E-state index in [1.807, 2.05) is 4.90 Å². The van der Waals surface area contributed by atoms with Crippen LogP contribution in [-0.4, -0.2) is 31.4 Å². The van der Waals surface area contributed by atoms with Gasteiger partial charge in [0.2, 0.25) is 0 Å². The van der Waals surface area contributed by atoms with Gasteiger partial charge in [-0.05, 0) is 55.0 Å². The van der Waals surface area contributed by atoms with E-state index < -0.39 is 23.6 Å². The van der Waals surface area contributed by atoms with Crippen molar-refractivity contribution >= 4 is 29.0 Å². The molecule has 39 heavy (non-hydrogen) atoms. The Kier molecular flexibility index (Phi) is 8.85. The maximum absolute atomic E-state index is 13.0. The fraction of sp³-hybridized carbons (Fsp3) is 0.286. The third kappa shape index (κ3) is 6.54. The topological polar surface area (TPSA) is 78.9 Å². The molecule has 1 unspecified atom stereocenters. The van der Waals surface area contributed by atoms with Gasteiger partial charge in [-0.25, -0.2) is 0 Å². The standard InChI is InChI=1S/C28H23ClF3NO5.Na/c29-23-12-22-21(27(35)36)8-9-37-25(22)13-26(23)38-20-6-4-17(5-7-20)24(34)10-16-14-33(15-16)19-3-1-2-18(11-19)28(30,31)32;/h1-7,11-13,16,21H,8-10,14-15H2,(H,35,36);/q;+1/p-1. The second-order valence-corrected chi connectivity index (χ2v) is 9.81. The summed E-state index contributed by atoms with van der Waals surface area (Å²) in [5.41, 5.74) is 0.734. The van der Waals surface area contributed by atoms with E-state index in [-0.39, 0.29) is 65.1 Å². The van der Waals surface area contributed by atoms with Crippen LogP contribution in [0.15, 0.2) is 60.7 Å². The van der Waals surface area contributed by atoms with Gasteiger partial charge in [0.25, 0.3) is 0 Å². The van der Waals surface area contributed by atoms with Crippen LogP contribution in [0.3, 0.4) is 0 Å². The summed E-state index contributed by atoms with van der Waals surface area (Å²) in [4.78, 5) is 26.0. The third-order valence-electron chi connectivity index (χ3n) is 6.76. The molecule has 2 heterocycles. The summed E-state index contributed by atoms with van der Waals surface area (Å²) in [6.07, 6.45) is -3.82. The molecule has 2 aliphatic heterocycles. The first-order valence-corrected chi connectivity index (χ1v) is 12.4. The fourth-order valence-electron chi connectivity index (χ4n) is 4.72. The van der Waals surface area contributed by atoms with Crippen molar-refractivity contribution in [3.05, 3.63) is 82.4 Å². The van der Waals surface area contributed by atoms with Crippen molar-refractivity contribution in [3.63, 3.8) is 0 Å². The Morgan fingerprint density at radius 2 is 1.79 bits per heavy atom. The number of carbonyl (C=O) groups excluding carboxylic acids is 2. The summed E-state index contributed by atoms with van der Waals surface area (Å²) in [5, 5.41) is 11.6. The molecular formula is C28H22ClF3NNaO5. The van der Waals surface area contributed by atoms with E-state index in [1.165, 1.54) is 12.1 Å². The van der Waals surface area contributed by atoms with Gasteiger partial charge in [0.1, 0.15) is 17.2 Å². The molecule has 6 nitrogen and oxygen atoms in total. The van der Waals surface area contributed by atoms with Crippen LogP contribution >= 0.6 is 11.6 Å². The van der Waals surface area contributed by atoms with Gasteiger partial charge >= 0.3 is 35.7 Å². The zero-order valence-electron chi connectivity index (χ0n) is 21.0. The summed E-state index contributed by atoms with van der Waals surface area (Å²) >= 11 is 6.32. The maximum Gasteiger partial charge on any atom is 1.00 e. The van der Waals surface area contributed by atoms with Crippen molar-refractivity contribution in [2.45, 2.75) is 24.9 Å². The number of fused-ring (bicyclic) bond motifs is 1. The molecule has 0 aliphatic carbocycles. The van der Waals surface area contributed by atoms with Gasteiger partial charge in [-0.15, -0.1) is 0 Å². The number of rotatable bonds is 7. The van der Waals surface area contributed by atoms with E-state index in [4.69, 9.17) is 21.1 Å². The summed E-state index contributed by atoms with van der Waals surface area (Å²) < 4.78 is 50.3. The van der Waals surface area contributed by atoms with Crippen molar-refractivity contribution in [1.82, 2.24) is 0 Å². The van der Waals surface area contributed by atoms with Crippen LogP contribution in [-0.2, 0) is 11.0 Å². The molecule has 3 aromatic rings. The van der Waals surface area contributed by atoms with Gasteiger partial charge in [0, 0.05) is 60.2 Å². The van der Waals surface area contributed by atoms with Crippen molar-refractivity contribution in [1.29, 1.82) is 0 Å². The van der Waals surface area contributed by atoms with Crippen LogP contribution < -0.4 is 49.0 Å². The van der Waals surface area contributed by atoms with Crippen LogP contribution in [0.5, 0.6) is 17.2 Å². The average Bonchev–Trinajstić information content (AvgIpc) is 2.86. The predicted molar refractivity (Wildman–Crippen MR) is 132 cm³/mol. The molecular weight excluding hydrogens is 546 g/mol. The number of carboxylic acid groups (broad SMARTS) is 1. The Morgan fingerprint density at radius 1 is 1.08 bits per heavy atom. The van der Waals surface area contributed by atoms with Crippen LogP contribution in [0, 0.1) is 5.92 Å². The maximum atomic E-state index is 13.0. The van der Waals surface area contributed by atoms with Crippen LogP contribution in [0.4, 0.5) is 18.9 Å². The largest absolute Gasteiger partial charge is 1.00 e. The molecule has 1 fully saturated rings. The minimum Gasteiger partial charge on any atom is -0.549 e. The minimum absolute atomic E-state index is 0. The molecule has 0 bridgehead atoms. The number of hydrogen-bond acceptors (Lipinski definition) is 6. The van der Waals surface area contributed by atoms with Gasteiger partial charge in [0.05, 0.1) is 17.2 Å². The quantitative estimate of drug-likeness (QED) is 0.323. The van der Waals surface area contributed by atoms with E-state index in [2.05, 4.69) is 0 Å². The molecule has 0 aromatic heterocycles. The summed E-state index contributed by atoms with van der Waals surface area (Å²) in [6, 6.07) is 14.8. The van der Waals surface area contributed by atoms with Crippen LogP contribution in [0.25, 0.3) is 0 Å². The van der Waals surface area contributed by atoms with E-state index in [1.54, 1.807) is 36.4 Å². The van der Waals surface area contributed by atoms with Crippen molar-refractivity contribution in [2.24, 2.45) is 5.92 Å². The van der Waals surface area contributed by atoms with Crippen LogP contribution in [0.2, 0.25) is 5.02 Å². The molecule has 0 N–H and O–H groups in total. The van der Waals surface area contributed by atoms with Gasteiger partial charge < -0.3 is 24.3 Å². The molecule has 1 saturated heterocycles. The number of carboxylic acids is 1. The second-order valence-electron chi connectivity index (χ2n) is 9.40. The number of carbonyl (C=O) groups is 2. The Balaban J connectivity index is 0.00000353. The minimum atomic E-state index is -4.40. The molecule has 3 aromatic carbocycles. The Morgan fingerprint density at radius 3 is 2.46 bits per heavy atom. The Hall–Kier alpha value is -2.72. The average molecular weight is 568 g/mol. The van der Waals surface area contributed by atoms with Gasteiger partial charge in [-0.1, -0.05) is 17.7 Å². The third-order valence-corrected chi connectivity index (χ3v) is 7.06. The second kappa shape index (κ2) is 11.8. The van der Waals surface area contributed by atoms with E-state index >= 15 is 0 Å². The number of alkyl halides is 3. The summed E-state index contributed by atoms with van der Waals surface area (Å²) in [5.74, 6) is -0.932. The summed E-state index contributed by atoms with van der Waals surface area (Å²) in [6.45, 7) is 1.25. The Labute approximate surface area is 250 Å². The molecule has 5 rings (SSSR count). The number of nitrogens with zero attached hydrogens (tertiary/aromatic N) is 1. The number of ketones is 1. The molecule has 198 valence electrons. The zero-order valence-corrected chi connectivity index (χ0v) is 23.7. The van der Waals surface area contributed by atoms with Gasteiger partial charge in [0.15, 0.2) is 5.78 Å². The SMILES string of the molecule is O=C(CC1CN(c2cccc(C(F)(F)F)c2)C1)c1ccc(Oc2cc3c(cc2Cl)C(C(=O)[O-])CCO3)cc1.[Na+]. The van der Waals surface area contributed by atoms with E-state index in [9.17, 15) is 27.9 Å². The monoisotopic (exact) mass is 567 g/mol. The van der Waals surface area contributed by atoms with Crippen molar-refractivity contribution in [3.8, 4) is 17.2 Å². The molecule has 0 saturated carbocycles. The molecule has 0 amide bonds. The number of halogens is 4. The number of ether oxygens (including phenoxy) is 2. The number of aliphatic carboxylic acids is 1. The van der Waals surface area contributed by atoms with Crippen molar-refractivity contribution in [2.75, 3.05) is 24.6 Å². The smallest absolute Gasteiger partial charge is 0.549 e. The molecule has 11 heteroatoms. The van der Waals surface area contributed by atoms with Gasteiger partial charge in [-0.3, -0.25) is 4.79 Å². The van der Waals surface area contributed by atoms with Crippen LogP contribution in [0.1, 0.15) is 40.2 Å². The fourth-order valence-corrected chi connectivity index (χ4v) is 4.93. The molecule has 2 aliphatic rings. The van der Waals surface area contributed by atoms with Crippen molar-refractivity contribution < 1.29 is 66.9 Å². The first kappa shape index (κ1) is 29.3. The van der Waals surface area contributed by atoms with E-state index in [0.717, 1.165) is 12.1 Å². The Bertz CT molecular complexity index is 1380.